The minimum atomic E-state index is -0.167. The summed E-state index contributed by atoms with van der Waals surface area (Å²) < 4.78 is 6.12. The van der Waals surface area contributed by atoms with Crippen LogP contribution in [0, 0.1) is 0 Å². The van der Waals surface area contributed by atoms with Gasteiger partial charge in [0.05, 0.1) is 6.04 Å². The van der Waals surface area contributed by atoms with Crippen LogP contribution in [0.25, 0.3) is 6.08 Å². The second-order valence-corrected chi connectivity index (χ2v) is 10.6. The molecule has 0 aromatic heterocycles. The standard InChI is InChI=1S/C26H36N2O3S/c29-25(27-16-9-17-32-21-12-5-2-6-13-21)19-28-22-14-7-8-15-23(22)31-24(26(28)30)18-20-10-3-1-4-11-20/h1,3-4,10-11,18,21-23H,2,5-9,12-17,19H2,(H,27,29)/b24-18+. The second-order valence-electron chi connectivity index (χ2n) is 9.19. The van der Waals surface area contributed by atoms with Crippen molar-refractivity contribution in [3.05, 3.63) is 41.7 Å². The van der Waals surface area contributed by atoms with Gasteiger partial charge in [-0.15, -0.1) is 0 Å². The van der Waals surface area contributed by atoms with Gasteiger partial charge in [0.1, 0.15) is 12.6 Å². The number of hydrogen-bond acceptors (Lipinski definition) is 4. The molecule has 32 heavy (non-hydrogen) atoms. The number of carbonyl (C=O) groups excluding carboxylic acids is 2. The van der Waals surface area contributed by atoms with Gasteiger partial charge in [-0.05, 0) is 55.9 Å². The highest BCUT2D eigenvalue weighted by Gasteiger charge is 2.42. The van der Waals surface area contributed by atoms with Crippen molar-refractivity contribution in [3.63, 3.8) is 0 Å². The first kappa shape index (κ1) is 23.2. The van der Waals surface area contributed by atoms with Crippen LogP contribution in [-0.4, -0.2) is 53.0 Å². The predicted molar refractivity (Wildman–Crippen MR) is 130 cm³/mol. The SMILES string of the molecule is O=C(CN1C(=O)/C(=C\c2ccccc2)OC2CCCCC21)NCCCSC1CCCCC1. The van der Waals surface area contributed by atoms with E-state index >= 15 is 0 Å². The van der Waals surface area contributed by atoms with Gasteiger partial charge in [0.2, 0.25) is 5.91 Å². The van der Waals surface area contributed by atoms with Crippen LogP contribution in [0.5, 0.6) is 0 Å². The van der Waals surface area contributed by atoms with Gasteiger partial charge < -0.3 is 15.0 Å². The van der Waals surface area contributed by atoms with E-state index < -0.39 is 0 Å². The number of fused-ring (bicyclic) bond motifs is 1. The van der Waals surface area contributed by atoms with Crippen molar-refractivity contribution in [1.29, 1.82) is 0 Å². The largest absolute Gasteiger partial charge is 0.482 e. The summed E-state index contributed by atoms with van der Waals surface area (Å²) in [6, 6.07) is 9.75. The summed E-state index contributed by atoms with van der Waals surface area (Å²) in [7, 11) is 0. The lowest BCUT2D eigenvalue weighted by Crippen LogP contribution is -2.57. The van der Waals surface area contributed by atoms with Crippen molar-refractivity contribution in [2.75, 3.05) is 18.8 Å². The van der Waals surface area contributed by atoms with E-state index in [1.165, 1.54) is 32.1 Å². The van der Waals surface area contributed by atoms with Crippen LogP contribution in [0.1, 0.15) is 69.8 Å². The first-order chi connectivity index (χ1) is 15.7. The maximum atomic E-state index is 13.2. The van der Waals surface area contributed by atoms with E-state index in [1.54, 1.807) is 11.0 Å². The van der Waals surface area contributed by atoms with E-state index in [4.69, 9.17) is 4.74 Å². The summed E-state index contributed by atoms with van der Waals surface area (Å²) in [6.45, 7) is 0.795. The topological polar surface area (TPSA) is 58.6 Å². The zero-order valence-corrected chi connectivity index (χ0v) is 19.8. The second kappa shape index (κ2) is 11.8. The lowest BCUT2D eigenvalue weighted by Gasteiger charge is -2.44. The molecule has 2 saturated carbocycles. The predicted octanol–water partition coefficient (Wildman–Crippen LogP) is 4.77. The fourth-order valence-corrected chi connectivity index (χ4v) is 6.37. The molecule has 2 aliphatic carbocycles. The lowest BCUT2D eigenvalue weighted by atomic mass is 9.89. The number of hydrogen-bond donors (Lipinski definition) is 1. The summed E-state index contributed by atoms with van der Waals surface area (Å²) in [6.07, 6.45) is 13.6. The molecule has 1 heterocycles. The van der Waals surface area contributed by atoms with E-state index in [2.05, 4.69) is 17.1 Å². The van der Waals surface area contributed by atoms with Crippen LogP contribution in [0.4, 0.5) is 0 Å². The molecular weight excluding hydrogens is 420 g/mol. The molecule has 0 bridgehead atoms. The smallest absolute Gasteiger partial charge is 0.289 e. The Morgan fingerprint density at radius 2 is 1.81 bits per heavy atom. The van der Waals surface area contributed by atoms with Crippen LogP contribution in [0.15, 0.2) is 36.1 Å². The zero-order valence-electron chi connectivity index (χ0n) is 19.0. The third kappa shape index (κ3) is 6.31. The Balaban J connectivity index is 1.30. The minimum absolute atomic E-state index is 0.00298. The van der Waals surface area contributed by atoms with Crippen molar-refractivity contribution in [2.45, 2.75) is 81.6 Å². The number of nitrogens with one attached hydrogen (secondary N) is 1. The van der Waals surface area contributed by atoms with E-state index in [0.29, 0.717) is 12.3 Å². The summed E-state index contributed by atoms with van der Waals surface area (Å²) in [5.41, 5.74) is 0.935. The highest BCUT2D eigenvalue weighted by Crippen LogP contribution is 2.33. The number of amides is 2. The Kier molecular flexibility index (Phi) is 8.55. The highest BCUT2D eigenvalue weighted by atomic mass is 32.2. The fraction of sp³-hybridized carbons (Fsp3) is 0.615. The molecule has 1 N–H and O–H groups in total. The number of ether oxygens (including phenoxy) is 1. The van der Waals surface area contributed by atoms with Crippen molar-refractivity contribution < 1.29 is 14.3 Å². The maximum Gasteiger partial charge on any atom is 0.289 e. The Morgan fingerprint density at radius 1 is 1.06 bits per heavy atom. The quantitative estimate of drug-likeness (QED) is 0.452. The average molecular weight is 457 g/mol. The van der Waals surface area contributed by atoms with E-state index in [9.17, 15) is 9.59 Å². The Bertz CT molecular complexity index is 792. The molecule has 0 spiro atoms. The summed E-state index contributed by atoms with van der Waals surface area (Å²) in [4.78, 5) is 27.7. The first-order valence-corrected chi connectivity index (χ1v) is 13.4. The van der Waals surface area contributed by atoms with Crippen LogP contribution >= 0.6 is 11.8 Å². The van der Waals surface area contributed by atoms with Gasteiger partial charge in [-0.25, -0.2) is 0 Å². The van der Waals surface area contributed by atoms with Gasteiger partial charge in [0.25, 0.3) is 5.91 Å². The summed E-state index contributed by atoms with van der Waals surface area (Å²) >= 11 is 2.06. The van der Waals surface area contributed by atoms with Crippen molar-refractivity contribution in [1.82, 2.24) is 10.2 Å². The Morgan fingerprint density at radius 3 is 2.62 bits per heavy atom. The van der Waals surface area contributed by atoms with Gasteiger partial charge in [-0.3, -0.25) is 9.59 Å². The zero-order chi connectivity index (χ0) is 22.2. The van der Waals surface area contributed by atoms with E-state index in [1.807, 2.05) is 30.3 Å². The molecular formula is C26H36N2O3S. The van der Waals surface area contributed by atoms with Crippen LogP contribution in [0.2, 0.25) is 0 Å². The fourth-order valence-electron chi connectivity index (χ4n) is 5.05. The monoisotopic (exact) mass is 456 g/mol. The Labute approximate surface area is 196 Å². The number of thioether (sulfide) groups is 1. The van der Waals surface area contributed by atoms with Crippen molar-refractivity contribution >= 4 is 29.7 Å². The molecule has 1 saturated heterocycles. The van der Waals surface area contributed by atoms with Gasteiger partial charge in [-0.2, -0.15) is 11.8 Å². The molecule has 174 valence electrons. The molecule has 1 aliphatic heterocycles. The molecule has 4 rings (SSSR count). The highest BCUT2D eigenvalue weighted by molar-refractivity contribution is 7.99. The van der Waals surface area contributed by atoms with Gasteiger partial charge in [0, 0.05) is 11.8 Å². The molecule has 5 nitrogen and oxygen atoms in total. The molecule has 1 aromatic rings. The van der Waals surface area contributed by atoms with Gasteiger partial charge in [0.15, 0.2) is 5.76 Å². The number of morpholine rings is 1. The Hall–Kier alpha value is -1.95. The minimum Gasteiger partial charge on any atom is -0.482 e. The summed E-state index contributed by atoms with van der Waals surface area (Å²) in [5.74, 6) is 1.22. The van der Waals surface area contributed by atoms with E-state index in [-0.39, 0.29) is 30.5 Å². The van der Waals surface area contributed by atoms with Crippen LogP contribution in [-0.2, 0) is 14.3 Å². The molecule has 1 aromatic carbocycles. The average Bonchev–Trinajstić information content (AvgIpc) is 2.83. The number of rotatable bonds is 8. The molecule has 2 amide bonds. The van der Waals surface area contributed by atoms with Crippen LogP contribution in [0.3, 0.4) is 0 Å². The molecule has 2 atom stereocenters. The normalized spacial score (nSPS) is 25.3. The molecule has 2 unspecified atom stereocenters. The van der Waals surface area contributed by atoms with Crippen LogP contribution < -0.4 is 5.32 Å². The molecule has 3 aliphatic rings. The first-order valence-electron chi connectivity index (χ1n) is 12.3. The molecule has 6 heteroatoms. The van der Waals surface area contributed by atoms with Crippen molar-refractivity contribution in [2.24, 2.45) is 0 Å². The van der Waals surface area contributed by atoms with E-state index in [0.717, 1.165) is 48.7 Å². The maximum absolute atomic E-state index is 13.2. The van der Waals surface area contributed by atoms with Gasteiger partial charge >= 0.3 is 0 Å². The molecule has 3 fully saturated rings. The van der Waals surface area contributed by atoms with Crippen molar-refractivity contribution in [3.8, 4) is 0 Å². The summed E-state index contributed by atoms with van der Waals surface area (Å²) in [5, 5.41) is 3.85. The number of carbonyl (C=O) groups is 2. The molecule has 0 radical (unpaired) electrons. The third-order valence-electron chi connectivity index (χ3n) is 6.78. The van der Waals surface area contributed by atoms with Gasteiger partial charge in [-0.1, -0.05) is 56.0 Å². The number of benzene rings is 1. The third-order valence-corrected chi connectivity index (χ3v) is 8.25. The lowest BCUT2D eigenvalue weighted by molar-refractivity contribution is -0.151. The number of nitrogens with zero attached hydrogens (tertiary/aromatic N) is 1.